The molecule has 6 heavy (non-hydrogen) atoms. The van der Waals surface area contributed by atoms with Crippen LogP contribution in [0.15, 0.2) is 18.0 Å². The Hall–Kier alpha value is 0.416. The average molecular weight is 273 g/mol. The minimum atomic E-state index is 1.28. The number of allylic oxidation sites excluding steroid dienone is 2. The fraction of sp³-hybridized carbons (Fsp3) is 0. The van der Waals surface area contributed by atoms with Gasteiger partial charge < -0.3 is 0 Å². The first-order chi connectivity index (χ1) is 2.91. The Kier molecular flexibility index (Phi) is 5.79. The van der Waals surface area contributed by atoms with Crippen LogP contribution in [0.2, 0.25) is 0 Å². The van der Waals surface area contributed by atoms with E-state index >= 15 is 0 Å². The van der Waals surface area contributed by atoms with E-state index in [2.05, 4.69) is 0 Å². The summed E-state index contributed by atoms with van der Waals surface area (Å²) in [6, 6.07) is 0. The first kappa shape index (κ1) is 6.42. The van der Waals surface area contributed by atoms with Gasteiger partial charge >= 0.3 is 48.6 Å². The normalized spacial score (nSPS) is 10.2. The van der Waals surface area contributed by atoms with Crippen LogP contribution in [0.1, 0.15) is 0 Å². The van der Waals surface area contributed by atoms with Crippen molar-refractivity contribution >= 4 is 6.41 Å². The van der Waals surface area contributed by atoms with Crippen molar-refractivity contribution in [3.05, 3.63) is 24.5 Å². The van der Waals surface area contributed by atoms with Crippen molar-refractivity contribution in [2.75, 3.05) is 0 Å². The number of hydrogen-bond acceptors (Lipinski definition) is 0. The van der Waals surface area contributed by atoms with Crippen LogP contribution in [0.3, 0.4) is 0 Å². The number of hydrogen-bond donors (Lipinski definition) is 0. The second-order valence-electron chi connectivity index (χ2n) is 0.625. The average Bonchev–Trinajstić information content (AvgIpc) is 1.61. The summed E-state index contributed by atoms with van der Waals surface area (Å²) < 4.78 is 0. The molecule has 0 aromatic carbocycles. The molecule has 0 aromatic rings. The molecule has 0 nitrogen and oxygen atoms in total. The van der Waals surface area contributed by atoms with Crippen LogP contribution in [-0.2, 0) is 17.6 Å². The van der Waals surface area contributed by atoms with Crippen molar-refractivity contribution < 1.29 is 17.6 Å². The summed E-state index contributed by atoms with van der Waals surface area (Å²) in [7, 11) is 0. The quantitative estimate of drug-likeness (QED) is 0.409. The zero-order valence-electron chi connectivity index (χ0n) is 3.11. The molecule has 0 saturated heterocycles. The third-order valence-electron chi connectivity index (χ3n) is 0.250. The van der Waals surface area contributed by atoms with Crippen molar-refractivity contribution in [2.45, 2.75) is 0 Å². The fourth-order valence-corrected chi connectivity index (χ4v) is 0.896. The van der Waals surface area contributed by atoms with Gasteiger partial charge in [0.15, 0.2) is 0 Å². The minimum absolute atomic E-state index is 1.28. The predicted octanol–water partition coefficient (Wildman–Crippen LogP) is 1.90. The zero-order valence-corrected chi connectivity index (χ0v) is 6.55. The first-order valence-corrected chi connectivity index (χ1v) is 5.66. The van der Waals surface area contributed by atoms with Crippen LogP contribution in [0.5, 0.6) is 0 Å². The molecule has 0 heterocycles. The maximum atomic E-state index is 5.00. The third-order valence-corrected chi connectivity index (χ3v) is 1.66. The van der Waals surface area contributed by atoms with Crippen molar-refractivity contribution in [3.8, 4) is 0 Å². The van der Waals surface area contributed by atoms with E-state index in [0.29, 0.717) is 0 Å². The van der Waals surface area contributed by atoms with Gasteiger partial charge in [-0.05, 0) is 0 Å². The second kappa shape index (κ2) is 5.42. The predicted molar refractivity (Wildman–Crippen MR) is 24.9 cm³/mol. The van der Waals surface area contributed by atoms with E-state index in [4.69, 9.17) is 6.58 Å². The molecule has 0 aliphatic heterocycles. The van der Waals surface area contributed by atoms with Gasteiger partial charge in [0.25, 0.3) is 0 Å². The molecule has 2 heteroatoms. The summed E-state index contributed by atoms with van der Waals surface area (Å²) >= 11 is 1.88. The molecule has 0 aliphatic carbocycles. The van der Waals surface area contributed by atoms with Crippen LogP contribution in [0.25, 0.3) is 0 Å². The molecular weight excluding hydrogens is 269 g/mol. The Morgan fingerprint density at radius 2 is 2.33 bits per heavy atom. The van der Waals surface area contributed by atoms with Gasteiger partial charge in [-0.1, -0.05) is 0 Å². The van der Waals surface area contributed by atoms with Crippen molar-refractivity contribution in [1.29, 1.82) is 0 Å². The standard InChI is InChI=1S/C4H4P.Os/c1-2-3-4-5;/h1-4H;/q-1;/b4-3-;. The molecule has 0 aromatic heterocycles. The molecule has 0 rings (SSSR count). The molecule has 0 unspecified atom stereocenters. The summed E-state index contributed by atoms with van der Waals surface area (Å²) in [4.78, 5) is 0. The summed E-state index contributed by atoms with van der Waals surface area (Å²) in [6.07, 6.45) is 4.64. The van der Waals surface area contributed by atoms with Crippen LogP contribution < -0.4 is 0 Å². The molecule has 0 amide bonds. The molecule has 0 saturated carbocycles. The summed E-state index contributed by atoms with van der Waals surface area (Å²) in [5, 5.41) is 0. The summed E-state index contributed by atoms with van der Waals surface area (Å²) in [5.74, 6) is 1.98. The third kappa shape index (κ3) is 4.42. The monoisotopic (exact) mass is 275 g/mol. The maximum absolute atomic E-state index is 5.00. The number of rotatable bonds is 2. The van der Waals surface area contributed by atoms with Gasteiger partial charge in [-0.2, -0.15) is 0 Å². The van der Waals surface area contributed by atoms with Gasteiger partial charge in [0.05, 0.1) is 0 Å². The van der Waals surface area contributed by atoms with Gasteiger partial charge in [-0.3, -0.25) is 0 Å². The molecule has 0 aliphatic rings. The first-order valence-electron chi connectivity index (χ1n) is 1.42. The van der Waals surface area contributed by atoms with Crippen LogP contribution in [-0.4, -0.2) is 0 Å². The van der Waals surface area contributed by atoms with E-state index in [1.165, 1.54) is 12.5 Å². The van der Waals surface area contributed by atoms with Gasteiger partial charge in [0.2, 0.25) is 0 Å². The van der Waals surface area contributed by atoms with E-state index in [9.17, 15) is 0 Å². The van der Waals surface area contributed by atoms with Crippen molar-refractivity contribution in [3.63, 3.8) is 0 Å². The van der Waals surface area contributed by atoms with Gasteiger partial charge in [0.1, 0.15) is 0 Å². The Morgan fingerprint density at radius 3 is 2.50 bits per heavy atom. The van der Waals surface area contributed by atoms with E-state index < -0.39 is 0 Å². The molecule has 0 N–H and O–H groups in total. The Labute approximate surface area is 49.0 Å². The van der Waals surface area contributed by atoms with Crippen molar-refractivity contribution in [1.82, 2.24) is 0 Å². The van der Waals surface area contributed by atoms with Crippen molar-refractivity contribution in [2.24, 2.45) is 0 Å². The Morgan fingerprint density at radius 1 is 1.67 bits per heavy atom. The van der Waals surface area contributed by atoms with E-state index in [1.807, 2.05) is 29.5 Å². The van der Waals surface area contributed by atoms with Gasteiger partial charge in [-0.15, -0.1) is 0 Å². The second-order valence-corrected chi connectivity index (χ2v) is 3.07. The Balaban J connectivity index is 3.17. The molecule has 0 fully saturated rings. The molecular formula is C4H4OsP-. The molecule has 34 valence electrons. The zero-order chi connectivity index (χ0) is 4.83. The molecule has 0 bridgehead atoms. The van der Waals surface area contributed by atoms with Crippen LogP contribution >= 0.6 is 6.41 Å². The van der Waals surface area contributed by atoms with Crippen LogP contribution in [0, 0.1) is 6.58 Å². The molecule has 0 radical (unpaired) electrons. The Bertz CT molecular complexity index is 65.6. The summed E-state index contributed by atoms with van der Waals surface area (Å²) in [5.41, 5.74) is 0. The van der Waals surface area contributed by atoms with E-state index in [0.717, 1.165) is 0 Å². The SMILES string of the molecule is [CH-]=C/C=C\[P]=[Os]. The van der Waals surface area contributed by atoms with Crippen LogP contribution in [0.4, 0.5) is 0 Å². The van der Waals surface area contributed by atoms with E-state index in [1.54, 1.807) is 0 Å². The molecule has 0 spiro atoms. The fourth-order valence-electron chi connectivity index (χ4n) is 0.0801. The summed E-state index contributed by atoms with van der Waals surface area (Å²) in [6.45, 7) is 5.00. The topological polar surface area (TPSA) is 0 Å². The molecule has 0 atom stereocenters. The van der Waals surface area contributed by atoms with Gasteiger partial charge in [0, 0.05) is 0 Å². The van der Waals surface area contributed by atoms with E-state index in [-0.39, 0.29) is 0 Å². The van der Waals surface area contributed by atoms with Gasteiger partial charge in [-0.25, -0.2) is 0 Å².